The predicted octanol–water partition coefficient (Wildman–Crippen LogP) is 4.28. The van der Waals surface area contributed by atoms with Crippen LogP contribution in [0, 0.1) is 0 Å². The molecule has 7 nitrogen and oxygen atoms in total. The fourth-order valence-corrected chi connectivity index (χ4v) is 4.85. The minimum atomic E-state index is -4.28. The number of hydrogen-bond donors (Lipinski definition) is 1. The molecule has 0 bridgehead atoms. The van der Waals surface area contributed by atoms with E-state index >= 15 is 0 Å². The average molecular weight is 476 g/mol. The summed E-state index contributed by atoms with van der Waals surface area (Å²) in [7, 11) is -2.86. The number of thiophene rings is 1. The number of halogens is 1. The second-order valence-electron chi connectivity index (χ2n) is 7.66. The highest BCUT2D eigenvalue weighted by Gasteiger charge is 2.32. The van der Waals surface area contributed by atoms with Crippen LogP contribution in [0.1, 0.15) is 42.8 Å². The van der Waals surface area contributed by atoms with Crippen LogP contribution < -0.4 is 0 Å². The number of ether oxygens (including phenoxy) is 1. The minimum Gasteiger partial charge on any atom is -0.468 e. The Bertz CT molecular complexity index is 968. The zero-order chi connectivity index (χ0) is 22.5. The first kappa shape index (κ1) is 24.8. The normalized spacial score (nSPS) is 15.5. The fourth-order valence-electron chi connectivity index (χ4n) is 3.09. The lowest BCUT2D eigenvalue weighted by Crippen LogP contribution is -2.38. The third kappa shape index (κ3) is 7.33. The van der Waals surface area contributed by atoms with Crippen molar-refractivity contribution >= 4 is 39.3 Å². The molecule has 0 aliphatic carbocycles. The van der Waals surface area contributed by atoms with Crippen LogP contribution in [0.3, 0.4) is 0 Å². The molecular weight excluding hydrogens is 450 g/mol. The lowest BCUT2D eigenvalue weighted by molar-refractivity contribution is -0.147. The number of carbonyl (C=O) groups excluding carboxylic acids is 1. The van der Waals surface area contributed by atoms with Gasteiger partial charge in [-0.05, 0) is 55.8 Å². The van der Waals surface area contributed by atoms with Crippen molar-refractivity contribution in [3.8, 4) is 0 Å². The molecule has 1 atom stereocenters. The molecule has 1 aliphatic heterocycles. The molecule has 2 aromatic rings. The molecule has 1 aliphatic rings. The van der Waals surface area contributed by atoms with Crippen molar-refractivity contribution in [3.05, 3.63) is 56.7 Å². The van der Waals surface area contributed by atoms with Gasteiger partial charge in [-0.3, -0.25) is 9.45 Å². The second kappa shape index (κ2) is 10.2. The van der Waals surface area contributed by atoms with E-state index in [-0.39, 0.29) is 5.97 Å². The Labute approximate surface area is 186 Å². The van der Waals surface area contributed by atoms with E-state index in [1.807, 2.05) is 24.3 Å². The van der Waals surface area contributed by atoms with Crippen LogP contribution in [0.4, 0.5) is 0 Å². The van der Waals surface area contributed by atoms with Gasteiger partial charge in [0, 0.05) is 23.0 Å². The molecule has 1 N–H and O–H groups in total. The van der Waals surface area contributed by atoms with Gasteiger partial charge in [0.25, 0.3) is 0 Å². The summed E-state index contributed by atoms with van der Waals surface area (Å²) in [6.07, 6.45) is 0.963. The summed E-state index contributed by atoms with van der Waals surface area (Å²) in [6, 6.07) is 9.16. The molecule has 0 saturated heterocycles. The molecule has 30 heavy (non-hydrogen) atoms. The summed E-state index contributed by atoms with van der Waals surface area (Å²) < 4.78 is 37.2. The zero-order valence-corrected chi connectivity index (χ0v) is 19.7. The number of hydrogen-bond acceptors (Lipinski definition) is 7. The van der Waals surface area contributed by atoms with Crippen molar-refractivity contribution < 1.29 is 26.7 Å². The molecule has 1 aromatic heterocycles. The maximum Gasteiger partial charge on any atom is 0.397 e. The summed E-state index contributed by atoms with van der Waals surface area (Å²) in [5.41, 5.74) is 1.25. The maximum atomic E-state index is 12.3. The largest absolute Gasteiger partial charge is 0.468 e. The van der Waals surface area contributed by atoms with E-state index in [9.17, 15) is 13.2 Å². The van der Waals surface area contributed by atoms with E-state index in [4.69, 9.17) is 20.9 Å². The Hall–Kier alpha value is -1.49. The van der Waals surface area contributed by atoms with Crippen LogP contribution in [-0.2, 0) is 37.1 Å². The Balaban J connectivity index is 0.000000303. The molecule has 0 saturated carbocycles. The molecule has 0 amide bonds. The van der Waals surface area contributed by atoms with Gasteiger partial charge in [0.2, 0.25) is 0 Å². The lowest BCUT2D eigenvalue weighted by atomic mass is 10.0. The zero-order valence-electron chi connectivity index (χ0n) is 17.3. The summed E-state index contributed by atoms with van der Waals surface area (Å²) in [4.78, 5) is 15.8. The molecule has 0 spiro atoms. The highest BCUT2D eigenvalue weighted by atomic mass is 35.5. The molecule has 2 heterocycles. The van der Waals surface area contributed by atoms with Crippen LogP contribution in [0.2, 0.25) is 5.02 Å². The molecule has 0 radical (unpaired) electrons. The first-order chi connectivity index (χ1) is 13.9. The van der Waals surface area contributed by atoms with Crippen LogP contribution >= 0.6 is 22.9 Å². The molecule has 1 aromatic carbocycles. The van der Waals surface area contributed by atoms with Crippen molar-refractivity contribution in [3.63, 3.8) is 0 Å². The van der Waals surface area contributed by atoms with E-state index in [1.54, 1.807) is 11.3 Å². The number of carbonyl (C=O) groups is 1. The van der Waals surface area contributed by atoms with Gasteiger partial charge in [0.1, 0.15) is 6.04 Å². The van der Waals surface area contributed by atoms with Gasteiger partial charge in [-0.15, -0.1) is 11.3 Å². The molecule has 0 fully saturated rings. The van der Waals surface area contributed by atoms with Gasteiger partial charge in [-0.2, -0.15) is 8.42 Å². The van der Waals surface area contributed by atoms with Crippen molar-refractivity contribution in [1.29, 1.82) is 0 Å². The van der Waals surface area contributed by atoms with Crippen LogP contribution in [0.5, 0.6) is 0 Å². The SMILES string of the molecule is CC(C)(C)OS(=O)(=O)O.COC(=O)[C@H](c1ccccc1Cl)N1CCc2sccc2C1. The van der Waals surface area contributed by atoms with Gasteiger partial charge in [0.15, 0.2) is 0 Å². The van der Waals surface area contributed by atoms with Gasteiger partial charge >= 0.3 is 16.4 Å². The number of rotatable bonds is 4. The molecule has 3 rings (SSSR count). The maximum absolute atomic E-state index is 12.3. The second-order valence-corrected chi connectivity index (χ2v) is 10.1. The monoisotopic (exact) mass is 475 g/mol. The third-order valence-electron chi connectivity index (χ3n) is 4.18. The van der Waals surface area contributed by atoms with E-state index in [1.165, 1.54) is 38.3 Å². The third-order valence-corrected chi connectivity index (χ3v) is 6.26. The van der Waals surface area contributed by atoms with Crippen LogP contribution in [0.25, 0.3) is 0 Å². The van der Waals surface area contributed by atoms with Gasteiger partial charge in [-0.1, -0.05) is 29.8 Å². The van der Waals surface area contributed by atoms with E-state index in [0.29, 0.717) is 5.02 Å². The predicted molar refractivity (Wildman–Crippen MR) is 117 cm³/mol. The topological polar surface area (TPSA) is 93.1 Å². The van der Waals surface area contributed by atoms with Crippen molar-refractivity contribution in [1.82, 2.24) is 4.90 Å². The van der Waals surface area contributed by atoms with Crippen molar-refractivity contribution in [2.24, 2.45) is 0 Å². The highest BCUT2D eigenvalue weighted by molar-refractivity contribution is 7.80. The summed E-state index contributed by atoms with van der Waals surface area (Å²) in [5.74, 6) is -0.262. The van der Waals surface area contributed by atoms with Gasteiger partial charge in [0.05, 0.1) is 12.7 Å². The molecule has 166 valence electrons. The van der Waals surface area contributed by atoms with Crippen LogP contribution in [-0.4, -0.2) is 43.1 Å². The number of fused-ring (bicyclic) bond motifs is 1. The summed E-state index contributed by atoms with van der Waals surface area (Å²) >= 11 is 8.07. The van der Waals surface area contributed by atoms with E-state index in [0.717, 1.165) is 25.1 Å². The average Bonchev–Trinajstić information content (AvgIpc) is 3.08. The van der Waals surface area contributed by atoms with E-state index in [2.05, 4.69) is 20.5 Å². The smallest absolute Gasteiger partial charge is 0.397 e. The van der Waals surface area contributed by atoms with Crippen molar-refractivity contribution in [2.45, 2.75) is 45.4 Å². The standard InChI is InChI=1S/C16H16ClNO2S.C4H10O4S/c1-20-16(19)15(12-4-2-3-5-13(12)17)18-8-6-14-11(10-18)7-9-21-14;1-4(2,3)8-9(5,6)7/h2-5,7,9,15H,6,8,10H2,1H3;1-3H3,(H,5,6,7)/t15-;/m0./s1. The molecule has 10 heteroatoms. The highest BCUT2D eigenvalue weighted by Crippen LogP contribution is 2.33. The van der Waals surface area contributed by atoms with Crippen LogP contribution in [0.15, 0.2) is 35.7 Å². The number of benzene rings is 1. The lowest BCUT2D eigenvalue weighted by Gasteiger charge is -2.33. The van der Waals surface area contributed by atoms with Gasteiger partial charge < -0.3 is 4.74 Å². The summed E-state index contributed by atoms with van der Waals surface area (Å²) in [5, 5.41) is 2.71. The first-order valence-electron chi connectivity index (χ1n) is 9.21. The van der Waals surface area contributed by atoms with Gasteiger partial charge in [-0.25, -0.2) is 8.98 Å². The Morgan fingerprint density at radius 2 is 1.93 bits per heavy atom. The van der Waals surface area contributed by atoms with Crippen molar-refractivity contribution in [2.75, 3.05) is 13.7 Å². The first-order valence-corrected chi connectivity index (χ1v) is 11.8. The number of methoxy groups -OCH3 is 1. The molecule has 0 unspecified atom stereocenters. The fraction of sp³-hybridized carbons (Fsp3) is 0.450. The van der Waals surface area contributed by atoms with E-state index < -0.39 is 22.0 Å². The minimum absolute atomic E-state index is 0.262. The number of nitrogens with zero attached hydrogens (tertiary/aromatic N) is 1. The number of esters is 1. The Morgan fingerprint density at radius 3 is 2.47 bits per heavy atom. The Kier molecular flexibility index (Phi) is 8.43. The molecular formula is C20H26ClNO6S2. The Morgan fingerprint density at radius 1 is 1.27 bits per heavy atom. The quantitative estimate of drug-likeness (QED) is 0.521. The summed E-state index contributed by atoms with van der Waals surface area (Å²) in [6.45, 7) is 6.17.